The van der Waals surface area contributed by atoms with Crippen LogP contribution in [0.1, 0.15) is 0 Å². The Bertz CT molecular complexity index is 2900. The Balaban J connectivity index is 1.14. The maximum Gasteiger partial charge on any atom is 0.164 e. The van der Waals surface area contributed by atoms with Crippen LogP contribution in [-0.4, -0.2) is 19.9 Å². The Labute approximate surface area is 313 Å². The van der Waals surface area contributed by atoms with Crippen LogP contribution in [-0.2, 0) is 0 Å². The van der Waals surface area contributed by atoms with E-state index >= 15 is 0 Å². The normalized spacial score (nSPS) is 11.3. The summed E-state index contributed by atoms with van der Waals surface area (Å²) in [6.07, 6.45) is 0. The van der Waals surface area contributed by atoms with Crippen LogP contribution >= 0.6 is 0 Å². The average molecular weight is 689 g/mol. The van der Waals surface area contributed by atoms with Crippen molar-refractivity contribution in [1.29, 1.82) is 0 Å². The molecule has 2 aromatic heterocycles. The number of hydrogen-bond acceptors (Lipinski definition) is 4. The minimum atomic E-state index is 0.631. The summed E-state index contributed by atoms with van der Waals surface area (Å²) in [6.45, 7) is 0. The van der Waals surface area contributed by atoms with Crippen molar-refractivity contribution in [3.05, 3.63) is 194 Å². The Hall–Kier alpha value is -7.30. The summed E-state index contributed by atoms with van der Waals surface area (Å²) in [6, 6.07) is 67.7. The maximum atomic E-state index is 5.39. The number of aromatic nitrogens is 4. The highest BCUT2D eigenvalue weighted by atomic mass is 15.0. The van der Waals surface area contributed by atoms with Crippen molar-refractivity contribution in [3.8, 4) is 67.7 Å². The number of hydrogen-bond donors (Lipinski definition) is 0. The lowest BCUT2D eigenvalue weighted by atomic mass is 9.90. The van der Waals surface area contributed by atoms with Gasteiger partial charge in [-0.1, -0.05) is 176 Å². The number of pyridine rings is 1. The molecule has 0 saturated heterocycles. The first-order chi connectivity index (χ1) is 26.7. The van der Waals surface area contributed by atoms with Crippen molar-refractivity contribution in [2.75, 3.05) is 0 Å². The minimum absolute atomic E-state index is 0.631. The van der Waals surface area contributed by atoms with Gasteiger partial charge < -0.3 is 0 Å². The van der Waals surface area contributed by atoms with Crippen LogP contribution < -0.4 is 0 Å². The van der Waals surface area contributed by atoms with Gasteiger partial charge in [-0.25, -0.2) is 19.9 Å². The molecule has 0 aliphatic rings. The fourth-order valence-corrected chi connectivity index (χ4v) is 7.42. The highest BCUT2D eigenvalue weighted by Gasteiger charge is 2.17. The standard InChI is InChI=1S/C50H32N4/c1-4-15-34(16-5-1)44-32-45(40-29-24-33-14-10-11-21-39(33)30-40)51-46-31-43(41-22-12-13-23-42(41)47(44)46)35-25-27-38(28-26-35)50-53-48(36-17-6-2-7-18-36)52-49(54-50)37-19-8-3-9-20-37/h1-32H. The molecule has 0 amide bonds. The highest BCUT2D eigenvalue weighted by Crippen LogP contribution is 2.41. The summed E-state index contributed by atoms with van der Waals surface area (Å²) in [4.78, 5) is 20.2. The molecular weight excluding hydrogens is 657 g/mol. The molecule has 10 aromatic rings. The molecule has 0 aliphatic carbocycles. The van der Waals surface area contributed by atoms with E-state index in [1.54, 1.807) is 0 Å². The number of benzene rings is 8. The smallest absolute Gasteiger partial charge is 0.164 e. The molecule has 4 nitrogen and oxygen atoms in total. The van der Waals surface area contributed by atoms with Gasteiger partial charge in [0.2, 0.25) is 0 Å². The molecule has 0 radical (unpaired) electrons. The molecule has 10 rings (SSSR count). The van der Waals surface area contributed by atoms with Gasteiger partial charge in [-0.15, -0.1) is 0 Å². The van der Waals surface area contributed by atoms with Gasteiger partial charge in [0, 0.05) is 27.6 Å². The van der Waals surface area contributed by atoms with E-state index in [4.69, 9.17) is 19.9 Å². The van der Waals surface area contributed by atoms with Crippen molar-refractivity contribution < 1.29 is 0 Å². The first kappa shape index (κ1) is 31.4. The van der Waals surface area contributed by atoms with Crippen LogP contribution in [0.3, 0.4) is 0 Å². The third-order valence-corrected chi connectivity index (χ3v) is 10.1. The first-order valence-corrected chi connectivity index (χ1v) is 18.1. The lowest BCUT2D eigenvalue weighted by Gasteiger charge is -2.16. The molecule has 0 unspecified atom stereocenters. The second kappa shape index (κ2) is 13.4. The van der Waals surface area contributed by atoms with Gasteiger partial charge in [0.25, 0.3) is 0 Å². The second-order valence-corrected chi connectivity index (χ2v) is 13.5. The molecular formula is C50H32N4. The Morgan fingerprint density at radius 3 is 1.37 bits per heavy atom. The van der Waals surface area contributed by atoms with Crippen LogP contribution in [0, 0.1) is 0 Å². The van der Waals surface area contributed by atoms with E-state index in [2.05, 4.69) is 133 Å². The van der Waals surface area contributed by atoms with Gasteiger partial charge in [0.05, 0.1) is 11.2 Å². The summed E-state index contributed by atoms with van der Waals surface area (Å²) >= 11 is 0. The first-order valence-electron chi connectivity index (χ1n) is 18.1. The van der Waals surface area contributed by atoms with E-state index in [0.29, 0.717) is 17.5 Å². The van der Waals surface area contributed by atoms with E-state index in [0.717, 1.165) is 55.5 Å². The zero-order valence-corrected chi connectivity index (χ0v) is 29.3. The van der Waals surface area contributed by atoms with Crippen LogP contribution in [0.4, 0.5) is 0 Å². The topological polar surface area (TPSA) is 51.6 Å². The third kappa shape index (κ3) is 5.76. The van der Waals surface area contributed by atoms with E-state index in [1.807, 2.05) is 60.7 Å². The van der Waals surface area contributed by atoms with Crippen LogP contribution in [0.25, 0.3) is 100 Å². The molecule has 0 saturated carbocycles. The van der Waals surface area contributed by atoms with Gasteiger partial charge in [0.1, 0.15) is 0 Å². The fraction of sp³-hybridized carbons (Fsp3) is 0. The lowest BCUT2D eigenvalue weighted by molar-refractivity contribution is 1.07. The van der Waals surface area contributed by atoms with E-state index < -0.39 is 0 Å². The lowest BCUT2D eigenvalue weighted by Crippen LogP contribution is -2.00. The number of fused-ring (bicyclic) bond motifs is 4. The average Bonchev–Trinajstić information content (AvgIpc) is 3.26. The highest BCUT2D eigenvalue weighted by molar-refractivity contribution is 6.18. The van der Waals surface area contributed by atoms with E-state index in [1.165, 1.54) is 27.1 Å². The molecule has 54 heavy (non-hydrogen) atoms. The Kier molecular flexibility index (Phi) is 7.77. The van der Waals surface area contributed by atoms with Gasteiger partial charge in [-0.05, 0) is 62.0 Å². The van der Waals surface area contributed by atoms with Crippen LogP contribution in [0.5, 0.6) is 0 Å². The molecule has 8 aromatic carbocycles. The summed E-state index contributed by atoms with van der Waals surface area (Å²) in [5.41, 5.74) is 10.4. The van der Waals surface area contributed by atoms with Gasteiger partial charge in [-0.3, -0.25) is 0 Å². The summed E-state index contributed by atoms with van der Waals surface area (Å²) in [5.74, 6) is 1.92. The predicted octanol–water partition coefficient (Wildman–Crippen LogP) is 12.7. The van der Waals surface area contributed by atoms with Crippen LogP contribution in [0.15, 0.2) is 194 Å². The molecule has 0 N–H and O–H groups in total. The summed E-state index contributed by atoms with van der Waals surface area (Å²) in [5, 5.41) is 5.90. The predicted molar refractivity (Wildman–Crippen MR) is 223 cm³/mol. The summed E-state index contributed by atoms with van der Waals surface area (Å²) in [7, 11) is 0. The molecule has 0 aliphatic heterocycles. The molecule has 0 spiro atoms. The minimum Gasteiger partial charge on any atom is -0.248 e. The van der Waals surface area contributed by atoms with Crippen LogP contribution in [0.2, 0.25) is 0 Å². The zero-order valence-electron chi connectivity index (χ0n) is 29.3. The quantitative estimate of drug-likeness (QED) is 0.163. The van der Waals surface area contributed by atoms with E-state index in [-0.39, 0.29) is 0 Å². The Morgan fingerprint density at radius 1 is 0.278 bits per heavy atom. The van der Waals surface area contributed by atoms with Gasteiger partial charge in [-0.2, -0.15) is 0 Å². The molecule has 0 bridgehead atoms. The van der Waals surface area contributed by atoms with Crippen molar-refractivity contribution in [2.24, 2.45) is 0 Å². The number of rotatable bonds is 6. The molecule has 4 heteroatoms. The van der Waals surface area contributed by atoms with Crippen molar-refractivity contribution in [3.63, 3.8) is 0 Å². The van der Waals surface area contributed by atoms with Gasteiger partial charge in [0.15, 0.2) is 17.5 Å². The Morgan fingerprint density at radius 2 is 0.741 bits per heavy atom. The molecule has 2 heterocycles. The number of nitrogens with zero attached hydrogens (tertiary/aromatic N) is 4. The maximum absolute atomic E-state index is 5.39. The molecule has 0 fully saturated rings. The third-order valence-electron chi connectivity index (χ3n) is 10.1. The monoisotopic (exact) mass is 688 g/mol. The largest absolute Gasteiger partial charge is 0.248 e. The zero-order chi connectivity index (χ0) is 35.8. The molecule has 252 valence electrons. The van der Waals surface area contributed by atoms with E-state index in [9.17, 15) is 0 Å². The van der Waals surface area contributed by atoms with Gasteiger partial charge >= 0.3 is 0 Å². The SMILES string of the molecule is c1ccc(-c2nc(-c3ccccc3)nc(-c3ccc(-c4cc5nc(-c6ccc7ccccc7c6)cc(-c6ccccc6)c5c5ccccc45)cc3)n2)cc1. The second-order valence-electron chi connectivity index (χ2n) is 13.5. The van der Waals surface area contributed by atoms with Crippen molar-refractivity contribution in [1.82, 2.24) is 19.9 Å². The fourth-order valence-electron chi connectivity index (χ4n) is 7.42. The molecule has 0 atom stereocenters. The van der Waals surface area contributed by atoms with Crippen molar-refractivity contribution in [2.45, 2.75) is 0 Å². The summed E-state index contributed by atoms with van der Waals surface area (Å²) < 4.78 is 0. The van der Waals surface area contributed by atoms with Crippen molar-refractivity contribution >= 4 is 32.4 Å².